The number of anilines is 2. The first-order valence-corrected chi connectivity index (χ1v) is 7.19. The van der Waals surface area contributed by atoms with Crippen molar-refractivity contribution in [3.63, 3.8) is 0 Å². The number of rotatable bonds is 7. The number of nitrogens with one attached hydrogen (secondary N) is 1. The molecule has 0 saturated heterocycles. The average molecular weight is 287 g/mol. The van der Waals surface area contributed by atoms with Crippen LogP contribution in [0.2, 0.25) is 0 Å². The van der Waals surface area contributed by atoms with E-state index in [1.165, 1.54) is 0 Å². The molecule has 0 aliphatic carbocycles. The summed E-state index contributed by atoms with van der Waals surface area (Å²) in [5.41, 5.74) is 6.18. The third-order valence-corrected chi connectivity index (χ3v) is 3.14. The van der Waals surface area contributed by atoms with Gasteiger partial charge in [-0.25, -0.2) is 4.98 Å². The third kappa shape index (κ3) is 3.59. The number of likely N-dealkylation sites (N-methyl/N-ethyl adjacent to an activating group) is 1. The molecular formula is C15H21N5O. The normalized spacial score (nSPS) is 10.6. The van der Waals surface area contributed by atoms with Gasteiger partial charge in [-0.05, 0) is 25.5 Å². The molecule has 0 bridgehead atoms. The maximum Gasteiger partial charge on any atom is 0.236 e. The number of para-hydroxylation sites is 1. The predicted octanol–water partition coefficient (Wildman–Crippen LogP) is 1.76. The molecule has 0 spiro atoms. The first kappa shape index (κ1) is 15.0. The molecule has 112 valence electrons. The van der Waals surface area contributed by atoms with Crippen molar-refractivity contribution < 1.29 is 4.79 Å². The highest BCUT2D eigenvalue weighted by atomic mass is 16.1. The molecule has 0 aliphatic rings. The number of carbonyl (C=O) groups excluding carboxylic acids is 1. The van der Waals surface area contributed by atoms with Gasteiger partial charge in [-0.2, -0.15) is 4.98 Å². The SMILES string of the molecule is CCCNc1nc(N(CC)CC(N)=O)c2ccccc2n1. The van der Waals surface area contributed by atoms with Crippen LogP contribution in [0.4, 0.5) is 11.8 Å². The standard InChI is InChI=1S/C15H21N5O/c1-3-9-17-15-18-12-8-6-5-7-11(12)14(19-15)20(4-2)10-13(16)21/h5-8H,3-4,9-10H2,1-2H3,(H2,16,21)(H,17,18,19). The fraction of sp³-hybridized carbons (Fsp3) is 0.400. The van der Waals surface area contributed by atoms with Gasteiger partial charge in [0.1, 0.15) is 5.82 Å². The number of amides is 1. The molecule has 3 N–H and O–H groups in total. The Morgan fingerprint density at radius 3 is 2.71 bits per heavy atom. The lowest BCUT2D eigenvalue weighted by Crippen LogP contribution is -2.34. The monoisotopic (exact) mass is 287 g/mol. The number of primary amides is 1. The van der Waals surface area contributed by atoms with Gasteiger partial charge in [0.2, 0.25) is 11.9 Å². The third-order valence-electron chi connectivity index (χ3n) is 3.14. The zero-order valence-corrected chi connectivity index (χ0v) is 12.5. The summed E-state index contributed by atoms with van der Waals surface area (Å²) in [5, 5.41) is 4.11. The van der Waals surface area contributed by atoms with E-state index in [1.54, 1.807) is 0 Å². The number of nitrogens with zero attached hydrogens (tertiary/aromatic N) is 3. The Kier molecular flexibility index (Phi) is 4.92. The van der Waals surface area contributed by atoms with E-state index in [1.807, 2.05) is 36.1 Å². The van der Waals surface area contributed by atoms with Crippen LogP contribution in [-0.4, -0.2) is 35.5 Å². The molecule has 6 heteroatoms. The van der Waals surface area contributed by atoms with Crippen LogP contribution in [0.15, 0.2) is 24.3 Å². The summed E-state index contributed by atoms with van der Waals surface area (Å²) in [6.07, 6.45) is 0.990. The molecule has 0 atom stereocenters. The first-order chi connectivity index (χ1) is 10.2. The van der Waals surface area contributed by atoms with Gasteiger partial charge in [0.05, 0.1) is 12.1 Å². The largest absolute Gasteiger partial charge is 0.368 e. The van der Waals surface area contributed by atoms with Gasteiger partial charge in [0.25, 0.3) is 0 Å². The maximum atomic E-state index is 11.3. The Labute approximate surface area is 124 Å². The van der Waals surface area contributed by atoms with Crippen LogP contribution in [0, 0.1) is 0 Å². The topological polar surface area (TPSA) is 84.1 Å². The number of carbonyl (C=O) groups is 1. The van der Waals surface area contributed by atoms with Crippen molar-refractivity contribution >= 4 is 28.6 Å². The Hall–Kier alpha value is -2.37. The summed E-state index contributed by atoms with van der Waals surface area (Å²) in [7, 11) is 0. The van der Waals surface area contributed by atoms with Crippen molar-refractivity contribution in [1.29, 1.82) is 0 Å². The van der Waals surface area contributed by atoms with E-state index in [0.717, 1.165) is 29.7 Å². The van der Waals surface area contributed by atoms with Gasteiger partial charge in [0, 0.05) is 18.5 Å². The minimum absolute atomic E-state index is 0.144. The summed E-state index contributed by atoms with van der Waals surface area (Å²) in [5.74, 6) is 0.941. The van der Waals surface area contributed by atoms with Gasteiger partial charge in [-0.1, -0.05) is 19.1 Å². The van der Waals surface area contributed by atoms with Crippen LogP contribution in [0.5, 0.6) is 0 Å². The van der Waals surface area contributed by atoms with E-state index in [-0.39, 0.29) is 12.5 Å². The number of nitrogens with two attached hydrogens (primary N) is 1. The summed E-state index contributed by atoms with van der Waals surface area (Å²) < 4.78 is 0. The highest BCUT2D eigenvalue weighted by Gasteiger charge is 2.14. The molecule has 0 radical (unpaired) electrons. The zero-order valence-electron chi connectivity index (χ0n) is 12.5. The number of fused-ring (bicyclic) bond motifs is 1. The minimum atomic E-state index is -0.373. The van der Waals surface area contributed by atoms with Crippen molar-refractivity contribution in [2.45, 2.75) is 20.3 Å². The summed E-state index contributed by atoms with van der Waals surface area (Å²) in [6.45, 7) is 5.65. The predicted molar refractivity (Wildman–Crippen MR) is 85.4 cm³/mol. The van der Waals surface area contributed by atoms with Gasteiger partial charge in [-0.3, -0.25) is 4.79 Å². The number of aromatic nitrogens is 2. The van der Waals surface area contributed by atoms with Gasteiger partial charge in [0.15, 0.2) is 0 Å². The fourth-order valence-electron chi connectivity index (χ4n) is 2.14. The van der Waals surface area contributed by atoms with E-state index >= 15 is 0 Å². The molecule has 2 rings (SSSR count). The summed E-state index contributed by atoms with van der Waals surface area (Å²) in [6, 6.07) is 7.77. The minimum Gasteiger partial charge on any atom is -0.368 e. The van der Waals surface area contributed by atoms with E-state index in [2.05, 4.69) is 22.2 Å². The average Bonchev–Trinajstić information content (AvgIpc) is 2.49. The first-order valence-electron chi connectivity index (χ1n) is 7.19. The van der Waals surface area contributed by atoms with Crippen molar-refractivity contribution in [2.24, 2.45) is 5.73 Å². The molecule has 21 heavy (non-hydrogen) atoms. The molecule has 1 aromatic carbocycles. The molecule has 1 aromatic heterocycles. The number of hydrogen-bond acceptors (Lipinski definition) is 5. The number of benzene rings is 1. The molecule has 0 fully saturated rings. The van der Waals surface area contributed by atoms with Crippen LogP contribution in [-0.2, 0) is 4.79 Å². The highest BCUT2D eigenvalue weighted by molar-refractivity contribution is 5.92. The quantitative estimate of drug-likeness (QED) is 0.810. The fourth-order valence-corrected chi connectivity index (χ4v) is 2.14. The van der Waals surface area contributed by atoms with Crippen molar-refractivity contribution in [3.8, 4) is 0 Å². The van der Waals surface area contributed by atoms with E-state index < -0.39 is 0 Å². The zero-order chi connectivity index (χ0) is 15.2. The van der Waals surface area contributed by atoms with Crippen LogP contribution in [0.3, 0.4) is 0 Å². The van der Waals surface area contributed by atoms with Gasteiger partial charge in [-0.15, -0.1) is 0 Å². The molecule has 0 saturated carbocycles. The lowest BCUT2D eigenvalue weighted by atomic mass is 10.2. The van der Waals surface area contributed by atoms with E-state index in [4.69, 9.17) is 5.73 Å². The highest BCUT2D eigenvalue weighted by Crippen LogP contribution is 2.25. The Bertz CT molecular complexity index is 628. The second-order valence-electron chi connectivity index (χ2n) is 4.80. The molecule has 2 aromatic rings. The molecule has 0 aliphatic heterocycles. The van der Waals surface area contributed by atoms with E-state index in [9.17, 15) is 4.79 Å². The van der Waals surface area contributed by atoms with Crippen LogP contribution >= 0.6 is 0 Å². The molecule has 6 nitrogen and oxygen atoms in total. The van der Waals surface area contributed by atoms with Crippen LogP contribution in [0.25, 0.3) is 10.9 Å². The Balaban J connectivity index is 2.49. The lowest BCUT2D eigenvalue weighted by molar-refractivity contribution is -0.116. The molecular weight excluding hydrogens is 266 g/mol. The maximum absolute atomic E-state index is 11.3. The molecule has 1 heterocycles. The van der Waals surface area contributed by atoms with Gasteiger partial charge < -0.3 is 16.0 Å². The number of hydrogen-bond donors (Lipinski definition) is 2. The van der Waals surface area contributed by atoms with E-state index in [0.29, 0.717) is 12.5 Å². The smallest absolute Gasteiger partial charge is 0.236 e. The summed E-state index contributed by atoms with van der Waals surface area (Å²) >= 11 is 0. The second-order valence-corrected chi connectivity index (χ2v) is 4.80. The second kappa shape index (κ2) is 6.88. The van der Waals surface area contributed by atoms with Crippen LogP contribution < -0.4 is 16.0 Å². The Morgan fingerprint density at radius 2 is 2.05 bits per heavy atom. The Morgan fingerprint density at radius 1 is 1.29 bits per heavy atom. The molecule has 0 unspecified atom stereocenters. The lowest BCUT2D eigenvalue weighted by Gasteiger charge is -2.22. The molecule has 1 amide bonds. The van der Waals surface area contributed by atoms with Gasteiger partial charge >= 0.3 is 0 Å². The van der Waals surface area contributed by atoms with Crippen molar-refractivity contribution in [1.82, 2.24) is 9.97 Å². The van der Waals surface area contributed by atoms with Crippen LogP contribution in [0.1, 0.15) is 20.3 Å². The van der Waals surface area contributed by atoms with Crippen molar-refractivity contribution in [2.75, 3.05) is 29.9 Å². The van der Waals surface area contributed by atoms with Crippen molar-refractivity contribution in [3.05, 3.63) is 24.3 Å². The summed E-state index contributed by atoms with van der Waals surface area (Å²) in [4.78, 5) is 22.2.